The normalized spacial score (nSPS) is 32.6. The Morgan fingerprint density at radius 1 is 0.885 bits per heavy atom. The van der Waals surface area contributed by atoms with E-state index in [1.807, 2.05) is 12.1 Å². The fraction of sp³-hybridized carbons (Fsp3) is 0.610. The Kier molecular flexibility index (Phi) is 9.02. The smallest absolute Gasteiger partial charge is 0.272 e. The second kappa shape index (κ2) is 13.3. The van der Waals surface area contributed by atoms with Crippen molar-refractivity contribution in [2.45, 2.75) is 90.1 Å². The number of halogens is 3. The largest absolute Gasteiger partial charge is 0.368 e. The molecule has 8 nitrogen and oxygen atoms in total. The maximum absolute atomic E-state index is 15.0. The first-order valence-electron chi connectivity index (χ1n) is 19.2. The Hall–Kier alpha value is -3.73. The van der Waals surface area contributed by atoms with E-state index in [1.54, 1.807) is 34.1 Å². The first-order valence-corrected chi connectivity index (χ1v) is 19.2. The number of hydrogen-bond acceptors (Lipinski definition) is 5. The molecule has 1 aromatic heterocycles. The number of carbonyl (C=O) groups excluding carboxylic acids is 2. The summed E-state index contributed by atoms with van der Waals surface area (Å²) < 4.78 is 50.2. The minimum absolute atomic E-state index is 0.00347. The van der Waals surface area contributed by atoms with Crippen molar-refractivity contribution in [3.8, 4) is 0 Å². The fourth-order valence-electron chi connectivity index (χ4n) is 11.3. The van der Waals surface area contributed by atoms with E-state index in [0.717, 1.165) is 38.5 Å². The number of hydrogen-bond donors (Lipinski definition) is 1. The van der Waals surface area contributed by atoms with Crippen LogP contribution < -0.4 is 5.56 Å². The molecule has 0 bridgehead atoms. The molecule has 2 heterocycles. The molecule has 52 heavy (non-hydrogen) atoms. The van der Waals surface area contributed by atoms with Gasteiger partial charge in [-0.2, -0.15) is 5.10 Å². The number of aromatic amines is 1. The van der Waals surface area contributed by atoms with Crippen molar-refractivity contribution in [2.75, 3.05) is 32.8 Å². The molecule has 1 N–H and O–H groups in total. The number of fused-ring (bicyclic) bond motifs is 6. The maximum Gasteiger partial charge on any atom is 0.272 e. The minimum Gasteiger partial charge on any atom is -0.368 e. The van der Waals surface area contributed by atoms with Gasteiger partial charge in [0.15, 0.2) is 0 Å². The van der Waals surface area contributed by atoms with Crippen LogP contribution in [0.4, 0.5) is 13.2 Å². The van der Waals surface area contributed by atoms with E-state index in [4.69, 9.17) is 4.74 Å². The Morgan fingerprint density at radius 2 is 1.62 bits per heavy atom. The van der Waals surface area contributed by atoms with Gasteiger partial charge in [0.1, 0.15) is 12.4 Å². The second-order valence-electron chi connectivity index (χ2n) is 16.8. The molecule has 278 valence electrons. The highest BCUT2D eigenvalue weighted by Gasteiger charge is 2.62. The van der Waals surface area contributed by atoms with Gasteiger partial charge in [-0.25, -0.2) is 18.3 Å². The molecule has 8 rings (SSSR count). The monoisotopic (exact) mass is 718 g/mol. The van der Waals surface area contributed by atoms with Gasteiger partial charge >= 0.3 is 0 Å². The average Bonchev–Trinajstić information content (AvgIpc) is 3.48. The SMILES string of the molecule is C[C@]12CCC(F)(F)C[C@@H]1CC[C@@H]1[C@@H]2CC[C@]2(C)[C@@H](OCC(=O)N3CCN(C(=O)c4cc(Cc5n[nH]c(=O)c6ccccc56)ccc4F)CC3)CC[C@@H]12. The lowest BCUT2D eigenvalue weighted by atomic mass is 9.45. The van der Waals surface area contributed by atoms with Crippen LogP contribution in [0.1, 0.15) is 93.3 Å². The molecule has 7 atom stereocenters. The number of ether oxygens (including phenoxy) is 1. The van der Waals surface area contributed by atoms with E-state index >= 15 is 4.39 Å². The fourth-order valence-corrected chi connectivity index (χ4v) is 11.3. The van der Waals surface area contributed by atoms with Gasteiger partial charge < -0.3 is 14.5 Å². The molecule has 0 unspecified atom stereocenters. The summed E-state index contributed by atoms with van der Waals surface area (Å²) in [6.07, 6.45) is 6.92. The summed E-state index contributed by atoms with van der Waals surface area (Å²) in [7, 11) is 0. The van der Waals surface area contributed by atoms with Crippen molar-refractivity contribution in [3.05, 3.63) is 75.5 Å². The van der Waals surface area contributed by atoms with Gasteiger partial charge in [0.25, 0.3) is 11.5 Å². The highest BCUT2D eigenvalue weighted by molar-refractivity contribution is 5.95. The van der Waals surface area contributed by atoms with Gasteiger partial charge in [-0.15, -0.1) is 0 Å². The van der Waals surface area contributed by atoms with Gasteiger partial charge in [-0.05, 0) is 103 Å². The van der Waals surface area contributed by atoms with Crippen LogP contribution in [0.2, 0.25) is 0 Å². The summed E-state index contributed by atoms with van der Waals surface area (Å²) in [5, 5.41) is 7.96. The third kappa shape index (κ3) is 6.14. The molecule has 0 spiro atoms. The van der Waals surface area contributed by atoms with Crippen LogP contribution in [0, 0.1) is 40.3 Å². The summed E-state index contributed by atoms with van der Waals surface area (Å²) in [4.78, 5) is 42.4. The lowest BCUT2D eigenvalue weighted by Crippen LogP contribution is -2.55. The topological polar surface area (TPSA) is 95.6 Å². The van der Waals surface area contributed by atoms with Gasteiger partial charge in [-0.3, -0.25) is 14.4 Å². The molecule has 0 radical (unpaired) electrons. The van der Waals surface area contributed by atoms with Crippen LogP contribution in [0.3, 0.4) is 0 Å². The molecule has 4 saturated carbocycles. The number of rotatable bonds is 6. The lowest BCUT2D eigenvalue weighted by molar-refractivity contribution is -0.171. The number of nitrogens with zero attached hydrogens (tertiary/aromatic N) is 3. The zero-order valence-electron chi connectivity index (χ0n) is 30.1. The highest BCUT2D eigenvalue weighted by atomic mass is 19.3. The molecular formula is C41H49F3N4O4. The predicted molar refractivity (Wildman–Crippen MR) is 190 cm³/mol. The summed E-state index contributed by atoms with van der Waals surface area (Å²) >= 11 is 0. The molecule has 5 aliphatic rings. The first-order chi connectivity index (χ1) is 24.9. The van der Waals surface area contributed by atoms with Gasteiger partial charge in [-0.1, -0.05) is 38.1 Å². The molecule has 1 saturated heterocycles. The number of H-pyrrole nitrogens is 1. The minimum atomic E-state index is -2.52. The Bertz CT molecular complexity index is 1930. The Morgan fingerprint density at radius 3 is 2.40 bits per heavy atom. The summed E-state index contributed by atoms with van der Waals surface area (Å²) in [5.41, 5.74) is 0.979. The van der Waals surface area contributed by atoms with Gasteiger partial charge in [0.05, 0.1) is 22.7 Å². The molecule has 11 heteroatoms. The molecule has 4 aliphatic carbocycles. The zero-order chi connectivity index (χ0) is 36.4. The summed E-state index contributed by atoms with van der Waals surface area (Å²) in [5.74, 6) is -2.03. The summed E-state index contributed by atoms with van der Waals surface area (Å²) in [6, 6.07) is 11.6. The number of aromatic nitrogens is 2. The molecule has 2 amide bonds. The Labute approximate surface area is 302 Å². The van der Waals surface area contributed by atoms with Crippen molar-refractivity contribution in [1.82, 2.24) is 20.0 Å². The van der Waals surface area contributed by atoms with Crippen molar-refractivity contribution in [2.24, 2.45) is 34.5 Å². The number of alkyl halides is 2. The number of piperazine rings is 1. The van der Waals surface area contributed by atoms with E-state index in [-0.39, 0.29) is 59.3 Å². The molecule has 1 aliphatic heterocycles. The van der Waals surface area contributed by atoms with E-state index in [9.17, 15) is 23.2 Å². The standard InChI is InChI=1S/C41H49F3N4O4/c1-39-15-16-41(43,44)23-26(39)8-9-29-31-10-12-35(40(31,2)14-13-32(29)39)52-24-36(49)47-17-19-48(20-18-47)38(51)30-21-25(7-11-33(30)42)22-34-27-5-3-4-6-28(27)37(50)46-45-34/h3-7,11,21,26,29,31-32,35H,8-10,12-20,22-24H2,1-2H3,(H,46,50)/t26-,29-,31-,32-,35-,39-,40-/m0/s1. The van der Waals surface area contributed by atoms with E-state index in [1.165, 1.54) is 6.07 Å². The van der Waals surface area contributed by atoms with Crippen LogP contribution in [-0.4, -0.2) is 76.6 Å². The molecule has 3 aromatic rings. The first kappa shape index (κ1) is 35.3. The third-order valence-electron chi connectivity index (χ3n) is 14.3. The van der Waals surface area contributed by atoms with Gasteiger partial charge in [0.2, 0.25) is 11.8 Å². The van der Waals surface area contributed by atoms with Crippen LogP contribution in [0.25, 0.3) is 10.8 Å². The molecular weight excluding hydrogens is 669 g/mol. The predicted octanol–water partition coefficient (Wildman–Crippen LogP) is 7.00. The van der Waals surface area contributed by atoms with Crippen LogP contribution in [-0.2, 0) is 16.0 Å². The van der Waals surface area contributed by atoms with Crippen LogP contribution in [0.5, 0.6) is 0 Å². The van der Waals surface area contributed by atoms with Crippen molar-refractivity contribution < 1.29 is 27.5 Å². The van der Waals surface area contributed by atoms with Crippen LogP contribution in [0.15, 0.2) is 47.3 Å². The van der Waals surface area contributed by atoms with E-state index < -0.39 is 17.6 Å². The zero-order valence-corrected chi connectivity index (χ0v) is 30.1. The number of amides is 2. The maximum atomic E-state index is 15.0. The Balaban J connectivity index is 0.854. The second-order valence-corrected chi connectivity index (χ2v) is 16.8. The summed E-state index contributed by atoms with van der Waals surface area (Å²) in [6.45, 7) is 5.89. The number of benzene rings is 2. The highest BCUT2D eigenvalue weighted by Crippen LogP contribution is 2.67. The van der Waals surface area contributed by atoms with Crippen molar-refractivity contribution >= 4 is 22.6 Å². The molecule has 2 aromatic carbocycles. The number of nitrogens with one attached hydrogen (secondary N) is 1. The number of carbonyl (C=O) groups is 2. The van der Waals surface area contributed by atoms with Crippen molar-refractivity contribution in [1.29, 1.82) is 0 Å². The third-order valence-corrected chi connectivity index (χ3v) is 14.3. The van der Waals surface area contributed by atoms with E-state index in [0.29, 0.717) is 78.8 Å². The van der Waals surface area contributed by atoms with Crippen LogP contribution >= 0.6 is 0 Å². The van der Waals surface area contributed by atoms with E-state index in [2.05, 4.69) is 24.0 Å². The average molecular weight is 719 g/mol. The molecule has 5 fully saturated rings. The van der Waals surface area contributed by atoms with Gasteiger partial charge in [0, 0.05) is 50.8 Å². The lowest BCUT2D eigenvalue weighted by Gasteiger charge is -2.61. The van der Waals surface area contributed by atoms with Crippen molar-refractivity contribution in [3.63, 3.8) is 0 Å². The quantitative estimate of drug-likeness (QED) is 0.296.